The number of hydrogen-bond acceptors (Lipinski definition) is 3. The van der Waals surface area contributed by atoms with Crippen LogP contribution < -0.4 is 0 Å². The van der Waals surface area contributed by atoms with Crippen molar-refractivity contribution in [3.05, 3.63) is 0 Å². The number of nitrogens with zero attached hydrogens (tertiary/aromatic N) is 2. The molecule has 17 heavy (non-hydrogen) atoms. The minimum atomic E-state index is -0.0140. The molecule has 1 unspecified atom stereocenters. The van der Waals surface area contributed by atoms with Gasteiger partial charge < -0.3 is 9.64 Å². The third kappa shape index (κ3) is 5.36. The van der Waals surface area contributed by atoms with E-state index >= 15 is 0 Å². The second-order valence-corrected chi connectivity index (χ2v) is 6.57. The van der Waals surface area contributed by atoms with Crippen molar-refractivity contribution in [2.24, 2.45) is 5.92 Å². The summed E-state index contributed by atoms with van der Waals surface area (Å²) in [6, 6.07) is 0.678. The molecule has 3 nitrogen and oxygen atoms in total. The third-order valence-corrected chi connectivity index (χ3v) is 3.42. The van der Waals surface area contributed by atoms with Gasteiger partial charge in [-0.3, -0.25) is 4.90 Å². The molecule has 0 radical (unpaired) electrons. The van der Waals surface area contributed by atoms with Crippen LogP contribution in [0.2, 0.25) is 0 Å². The molecule has 0 bridgehead atoms. The van der Waals surface area contributed by atoms with Gasteiger partial charge in [0.2, 0.25) is 0 Å². The Balaban J connectivity index is 2.39. The molecule has 0 aliphatic carbocycles. The quantitative estimate of drug-likeness (QED) is 0.750. The van der Waals surface area contributed by atoms with Gasteiger partial charge in [-0.2, -0.15) is 0 Å². The molecule has 0 spiro atoms. The number of rotatable bonds is 4. The van der Waals surface area contributed by atoms with Crippen molar-refractivity contribution in [2.75, 3.05) is 39.8 Å². The predicted molar refractivity (Wildman–Crippen MR) is 73.4 cm³/mol. The van der Waals surface area contributed by atoms with Crippen LogP contribution in [0.4, 0.5) is 0 Å². The highest BCUT2D eigenvalue weighted by atomic mass is 16.5. The van der Waals surface area contributed by atoms with E-state index in [0.29, 0.717) is 12.0 Å². The van der Waals surface area contributed by atoms with Gasteiger partial charge in [-0.05, 0) is 33.7 Å². The Morgan fingerprint density at radius 2 is 1.88 bits per heavy atom. The molecule has 1 heterocycles. The Bertz CT molecular complexity index is 223. The predicted octanol–water partition coefficient (Wildman–Crippen LogP) is 2.07. The SMILES string of the molecule is CC(C)C1CN(C)CCN1CCOC(C)(C)C. The normalized spacial score (nSPS) is 24.5. The molecule has 0 aromatic carbocycles. The molecule has 1 aliphatic heterocycles. The molecule has 0 amide bonds. The molecule has 1 aliphatic rings. The molecule has 0 aromatic rings. The minimum Gasteiger partial charge on any atom is -0.375 e. The van der Waals surface area contributed by atoms with Crippen LogP contribution in [-0.4, -0.2) is 61.3 Å². The lowest BCUT2D eigenvalue weighted by atomic mass is 10.00. The van der Waals surface area contributed by atoms with E-state index in [1.165, 1.54) is 19.6 Å². The maximum atomic E-state index is 5.83. The van der Waals surface area contributed by atoms with Crippen molar-refractivity contribution in [1.29, 1.82) is 0 Å². The van der Waals surface area contributed by atoms with E-state index in [1.807, 2.05) is 0 Å². The molecule has 102 valence electrons. The molecule has 0 saturated carbocycles. The van der Waals surface area contributed by atoms with Gasteiger partial charge in [-0.1, -0.05) is 13.8 Å². The van der Waals surface area contributed by atoms with Crippen LogP contribution in [0.1, 0.15) is 34.6 Å². The minimum absolute atomic E-state index is 0.0140. The first kappa shape index (κ1) is 14.9. The lowest BCUT2D eigenvalue weighted by Crippen LogP contribution is -2.54. The highest BCUT2D eigenvalue weighted by Crippen LogP contribution is 2.16. The first-order valence-electron chi connectivity index (χ1n) is 6.86. The summed E-state index contributed by atoms with van der Waals surface area (Å²) in [7, 11) is 2.22. The van der Waals surface area contributed by atoms with Crippen LogP contribution in [0.3, 0.4) is 0 Å². The zero-order valence-electron chi connectivity index (χ0n) is 12.5. The van der Waals surface area contributed by atoms with Gasteiger partial charge in [0.1, 0.15) is 0 Å². The Kier molecular flexibility index (Phi) is 5.42. The van der Waals surface area contributed by atoms with Gasteiger partial charge in [0.15, 0.2) is 0 Å². The molecule has 3 heteroatoms. The Labute approximate surface area is 107 Å². The summed E-state index contributed by atoms with van der Waals surface area (Å²) in [4.78, 5) is 5.03. The standard InChI is InChI=1S/C14H30N2O/c1-12(2)13-11-15(6)7-8-16(13)9-10-17-14(3,4)5/h12-13H,7-11H2,1-6H3. The van der Waals surface area contributed by atoms with Gasteiger partial charge >= 0.3 is 0 Å². The van der Waals surface area contributed by atoms with Gasteiger partial charge in [0.05, 0.1) is 12.2 Å². The Morgan fingerprint density at radius 3 is 2.41 bits per heavy atom. The van der Waals surface area contributed by atoms with E-state index in [4.69, 9.17) is 4.74 Å². The van der Waals surface area contributed by atoms with Crippen molar-refractivity contribution in [3.8, 4) is 0 Å². The largest absolute Gasteiger partial charge is 0.375 e. The highest BCUT2D eigenvalue weighted by Gasteiger charge is 2.27. The van der Waals surface area contributed by atoms with Crippen molar-refractivity contribution >= 4 is 0 Å². The first-order valence-corrected chi connectivity index (χ1v) is 6.86. The van der Waals surface area contributed by atoms with E-state index < -0.39 is 0 Å². The van der Waals surface area contributed by atoms with E-state index in [1.54, 1.807) is 0 Å². The van der Waals surface area contributed by atoms with E-state index in [0.717, 1.165) is 13.2 Å². The third-order valence-electron chi connectivity index (χ3n) is 3.42. The topological polar surface area (TPSA) is 15.7 Å². The van der Waals surface area contributed by atoms with Crippen LogP contribution in [0.15, 0.2) is 0 Å². The van der Waals surface area contributed by atoms with Crippen molar-refractivity contribution in [1.82, 2.24) is 9.80 Å². The summed E-state index contributed by atoms with van der Waals surface area (Å²) in [5, 5.41) is 0. The van der Waals surface area contributed by atoms with Gasteiger partial charge in [0, 0.05) is 32.2 Å². The highest BCUT2D eigenvalue weighted by molar-refractivity contribution is 4.83. The lowest BCUT2D eigenvalue weighted by molar-refractivity contribution is -0.0300. The first-order chi connectivity index (χ1) is 7.79. The second-order valence-electron chi connectivity index (χ2n) is 6.57. The zero-order valence-corrected chi connectivity index (χ0v) is 12.5. The van der Waals surface area contributed by atoms with Crippen LogP contribution in [0.25, 0.3) is 0 Å². The van der Waals surface area contributed by atoms with Crippen LogP contribution >= 0.6 is 0 Å². The molecule has 0 aromatic heterocycles. The van der Waals surface area contributed by atoms with Crippen molar-refractivity contribution < 1.29 is 4.74 Å². The zero-order chi connectivity index (χ0) is 13.1. The van der Waals surface area contributed by atoms with Crippen LogP contribution in [-0.2, 0) is 4.74 Å². The van der Waals surface area contributed by atoms with Gasteiger partial charge in [-0.25, -0.2) is 0 Å². The number of hydrogen-bond donors (Lipinski definition) is 0. The van der Waals surface area contributed by atoms with Gasteiger partial charge in [-0.15, -0.1) is 0 Å². The van der Waals surface area contributed by atoms with E-state index in [2.05, 4.69) is 51.5 Å². The monoisotopic (exact) mass is 242 g/mol. The van der Waals surface area contributed by atoms with Crippen LogP contribution in [0.5, 0.6) is 0 Å². The molecule has 1 fully saturated rings. The smallest absolute Gasteiger partial charge is 0.0600 e. The lowest BCUT2D eigenvalue weighted by Gasteiger charge is -2.42. The molecular weight excluding hydrogens is 212 g/mol. The number of piperazine rings is 1. The van der Waals surface area contributed by atoms with Gasteiger partial charge in [0.25, 0.3) is 0 Å². The fourth-order valence-corrected chi connectivity index (χ4v) is 2.37. The van der Waals surface area contributed by atoms with E-state index in [9.17, 15) is 0 Å². The molecule has 1 rings (SSSR count). The Morgan fingerprint density at radius 1 is 1.24 bits per heavy atom. The molecule has 0 N–H and O–H groups in total. The number of ether oxygens (including phenoxy) is 1. The summed E-state index contributed by atoms with van der Waals surface area (Å²) < 4.78 is 5.83. The maximum Gasteiger partial charge on any atom is 0.0600 e. The second kappa shape index (κ2) is 6.17. The average molecular weight is 242 g/mol. The molecule has 1 atom stereocenters. The molecular formula is C14H30N2O. The van der Waals surface area contributed by atoms with Crippen molar-refractivity contribution in [2.45, 2.75) is 46.3 Å². The van der Waals surface area contributed by atoms with E-state index in [-0.39, 0.29) is 5.60 Å². The fourth-order valence-electron chi connectivity index (χ4n) is 2.37. The summed E-state index contributed by atoms with van der Waals surface area (Å²) in [5.41, 5.74) is -0.0140. The fraction of sp³-hybridized carbons (Fsp3) is 1.00. The summed E-state index contributed by atoms with van der Waals surface area (Å²) in [5.74, 6) is 0.715. The maximum absolute atomic E-state index is 5.83. The Hall–Kier alpha value is -0.120. The summed E-state index contributed by atoms with van der Waals surface area (Å²) in [6.07, 6.45) is 0. The average Bonchev–Trinajstić information content (AvgIpc) is 2.18. The molecule has 1 saturated heterocycles. The van der Waals surface area contributed by atoms with Crippen LogP contribution in [0, 0.1) is 5.92 Å². The summed E-state index contributed by atoms with van der Waals surface area (Å²) >= 11 is 0. The number of likely N-dealkylation sites (N-methyl/N-ethyl adjacent to an activating group) is 1. The summed E-state index contributed by atoms with van der Waals surface area (Å²) in [6.45, 7) is 16.5. The van der Waals surface area contributed by atoms with Crippen molar-refractivity contribution in [3.63, 3.8) is 0 Å².